The first-order valence-corrected chi connectivity index (χ1v) is 12.8. The maximum absolute atomic E-state index is 12.1. The van der Waals surface area contributed by atoms with Crippen molar-refractivity contribution in [3.63, 3.8) is 0 Å². The van der Waals surface area contributed by atoms with Gasteiger partial charge in [-0.05, 0) is 57.4 Å². The second kappa shape index (κ2) is 10.5. The van der Waals surface area contributed by atoms with E-state index in [2.05, 4.69) is 48.9 Å². The third-order valence-electron chi connectivity index (χ3n) is 6.43. The Morgan fingerprint density at radius 1 is 1.29 bits per heavy atom. The summed E-state index contributed by atoms with van der Waals surface area (Å²) in [6.45, 7) is 10.6. The predicted molar refractivity (Wildman–Crippen MR) is 133 cm³/mol. The molecule has 1 N–H and O–H groups in total. The van der Waals surface area contributed by atoms with E-state index in [9.17, 15) is 14.6 Å². The number of carbonyl (C=O) groups excluding carboxylic acids is 1. The summed E-state index contributed by atoms with van der Waals surface area (Å²) < 4.78 is 18.2. The van der Waals surface area contributed by atoms with E-state index in [1.54, 1.807) is 36.0 Å². The van der Waals surface area contributed by atoms with Crippen LogP contribution in [0, 0.1) is 11.3 Å². The zero-order valence-corrected chi connectivity index (χ0v) is 21.4. The molecular formula is C26H31FN4O3S. The van der Waals surface area contributed by atoms with Crippen LogP contribution >= 0.6 is 11.8 Å². The van der Waals surface area contributed by atoms with Crippen molar-refractivity contribution in [3.05, 3.63) is 52.1 Å². The molecule has 1 aromatic carbocycles. The molecule has 2 unspecified atom stereocenters. The maximum Gasteiger partial charge on any atom is 0.379 e. The molecule has 186 valence electrons. The number of rotatable bonds is 6. The van der Waals surface area contributed by atoms with Gasteiger partial charge in [-0.25, -0.2) is 14.7 Å². The standard InChI is InChI=1S/C26H31FN4O3S/c1-16-13-31(14-17(2)29-16)23-22-15-33-26(3,4)11-20(22)21(12-28)24(30-23)35-10-9-18-5-7-19(8-6-18)25(32)34-27/h5-8,16-17,29H,9-11,13-15H2,1-4H3. The van der Waals surface area contributed by atoms with E-state index in [4.69, 9.17) is 9.72 Å². The minimum atomic E-state index is -1.00. The number of nitrogens with zero attached hydrogens (tertiary/aromatic N) is 3. The molecule has 0 radical (unpaired) electrons. The molecule has 4 rings (SSSR count). The summed E-state index contributed by atoms with van der Waals surface area (Å²) in [7, 11) is 0. The maximum atomic E-state index is 12.1. The first kappa shape index (κ1) is 25.4. The van der Waals surface area contributed by atoms with Gasteiger partial charge in [0.2, 0.25) is 0 Å². The van der Waals surface area contributed by atoms with Crippen LogP contribution in [0.5, 0.6) is 0 Å². The van der Waals surface area contributed by atoms with Gasteiger partial charge in [0.1, 0.15) is 16.9 Å². The number of thioether (sulfide) groups is 1. The molecule has 3 heterocycles. The van der Waals surface area contributed by atoms with E-state index in [1.165, 1.54) is 0 Å². The van der Waals surface area contributed by atoms with Crippen LogP contribution in [0.3, 0.4) is 0 Å². The predicted octanol–water partition coefficient (Wildman–Crippen LogP) is 4.37. The van der Waals surface area contributed by atoms with Gasteiger partial charge in [0, 0.05) is 47.4 Å². The number of anilines is 1. The minimum Gasteiger partial charge on any atom is -0.370 e. The van der Waals surface area contributed by atoms with Gasteiger partial charge in [0.05, 0.1) is 23.3 Å². The van der Waals surface area contributed by atoms with Crippen molar-refractivity contribution in [2.75, 3.05) is 23.7 Å². The number of hydrogen-bond acceptors (Lipinski definition) is 8. The van der Waals surface area contributed by atoms with Crippen LogP contribution in [0.2, 0.25) is 0 Å². The van der Waals surface area contributed by atoms with Crippen molar-refractivity contribution < 1.29 is 19.0 Å². The molecule has 0 saturated carbocycles. The Labute approximate surface area is 209 Å². The molecule has 0 spiro atoms. The van der Waals surface area contributed by atoms with E-state index in [-0.39, 0.29) is 11.2 Å². The fourth-order valence-corrected chi connectivity index (χ4v) is 5.82. The van der Waals surface area contributed by atoms with Crippen LogP contribution in [-0.2, 0) is 29.1 Å². The molecule has 1 aromatic heterocycles. The number of piperazine rings is 1. The first-order chi connectivity index (χ1) is 16.7. The highest BCUT2D eigenvalue weighted by Gasteiger charge is 2.34. The second-order valence-electron chi connectivity index (χ2n) is 9.94. The Hall–Kier alpha value is -2.67. The first-order valence-electron chi connectivity index (χ1n) is 11.9. The molecule has 9 heteroatoms. The molecule has 0 aliphatic carbocycles. The number of benzene rings is 1. The van der Waals surface area contributed by atoms with Crippen LogP contribution in [-0.4, -0.2) is 47.5 Å². The van der Waals surface area contributed by atoms with Gasteiger partial charge < -0.3 is 15.0 Å². The van der Waals surface area contributed by atoms with E-state index in [1.807, 2.05) is 0 Å². The lowest BCUT2D eigenvalue weighted by Gasteiger charge is -2.40. The molecule has 0 amide bonds. The van der Waals surface area contributed by atoms with Crippen molar-refractivity contribution in [1.82, 2.24) is 10.3 Å². The van der Waals surface area contributed by atoms with Crippen LogP contribution in [0.25, 0.3) is 0 Å². The van der Waals surface area contributed by atoms with Gasteiger partial charge in [-0.3, -0.25) is 0 Å². The average Bonchev–Trinajstić information content (AvgIpc) is 2.82. The summed E-state index contributed by atoms with van der Waals surface area (Å²) in [5.41, 5.74) is 3.55. The molecule has 2 atom stereocenters. The van der Waals surface area contributed by atoms with Crippen molar-refractivity contribution >= 4 is 23.5 Å². The molecule has 7 nitrogen and oxygen atoms in total. The van der Waals surface area contributed by atoms with Crippen molar-refractivity contribution in [1.29, 1.82) is 5.26 Å². The Balaban J connectivity index is 1.61. The highest BCUT2D eigenvalue weighted by molar-refractivity contribution is 7.99. The van der Waals surface area contributed by atoms with Crippen molar-refractivity contribution in [3.8, 4) is 6.07 Å². The Bertz CT molecular complexity index is 1120. The number of hydrogen-bond donors (Lipinski definition) is 1. The number of halogens is 1. The van der Waals surface area contributed by atoms with Crippen LogP contribution in [0.1, 0.15) is 60.3 Å². The fraction of sp³-hybridized carbons (Fsp3) is 0.500. The quantitative estimate of drug-likeness (QED) is 0.588. The monoisotopic (exact) mass is 498 g/mol. The van der Waals surface area contributed by atoms with Gasteiger partial charge in [0.15, 0.2) is 0 Å². The number of carbonyl (C=O) groups is 1. The summed E-state index contributed by atoms with van der Waals surface area (Å²) in [6.07, 6.45) is 1.38. The molecule has 35 heavy (non-hydrogen) atoms. The van der Waals surface area contributed by atoms with E-state index < -0.39 is 5.97 Å². The molecule has 0 bridgehead atoms. The molecule has 2 aliphatic heterocycles. The molecular weight excluding hydrogens is 467 g/mol. The topological polar surface area (TPSA) is 87.5 Å². The third-order valence-corrected chi connectivity index (χ3v) is 7.40. The van der Waals surface area contributed by atoms with Crippen molar-refractivity contribution in [2.45, 2.75) is 69.9 Å². The Morgan fingerprint density at radius 3 is 2.60 bits per heavy atom. The second-order valence-corrected chi connectivity index (χ2v) is 11.0. The smallest absolute Gasteiger partial charge is 0.370 e. The number of aromatic nitrogens is 1. The number of nitriles is 1. The zero-order chi connectivity index (χ0) is 25.2. The highest BCUT2D eigenvalue weighted by atomic mass is 32.2. The highest BCUT2D eigenvalue weighted by Crippen LogP contribution is 2.39. The average molecular weight is 499 g/mol. The lowest BCUT2D eigenvalue weighted by atomic mass is 9.89. The van der Waals surface area contributed by atoms with Gasteiger partial charge in [-0.1, -0.05) is 12.1 Å². The SMILES string of the molecule is CC1CN(c2nc(SCCc3ccc(C(=O)OF)cc3)c(C#N)c3c2COC(C)(C)C3)CC(C)N1. The number of nitrogens with one attached hydrogen (secondary N) is 1. The molecule has 1 fully saturated rings. The third kappa shape index (κ3) is 5.77. The summed E-state index contributed by atoms with van der Waals surface area (Å²) in [4.78, 5) is 21.9. The lowest BCUT2D eigenvalue weighted by molar-refractivity contribution is -0.0788. The van der Waals surface area contributed by atoms with Gasteiger partial charge in [0.25, 0.3) is 0 Å². The number of pyridine rings is 1. The van der Waals surface area contributed by atoms with E-state index in [0.717, 1.165) is 40.6 Å². The largest absolute Gasteiger partial charge is 0.379 e. The zero-order valence-electron chi connectivity index (χ0n) is 20.6. The summed E-state index contributed by atoms with van der Waals surface area (Å²) in [6, 6.07) is 9.76. The molecule has 2 aromatic rings. The van der Waals surface area contributed by atoms with Gasteiger partial charge in [-0.15, -0.1) is 11.8 Å². The normalized spacial score (nSPS) is 21.2. The van der Waals surface area contributed by atoms with E-state index in [0.29, 0.717) is 42.8 Å². The number of fused-ring (bicyclic) bond motifs is 1. The molecule has 1 saturated heterocycles. The van der Waals surface area contributed by atoms with Crippen LogP contribution in [0.4, 0.5) is 10.3 Å². The van der Waals surface area contributed by atoms with Crippen LogP contribution < -0.4 is 10.2 Å². The van der Waals surface area contributed by atoms with Gasteiger partial charge >= 0.3 is 5.97 Å². The van der Waals surface area contributed by atoms with E-state index >= 15 is 0 Å². The minimum absolute atomic E-state index is 0.168. The van der Waals surface area contributed by atoms with Crippen molar-refractivity contribution in [2.24, 2.45) is 0 Å². The summed E-state index contributed by atoms with van der Waals surface area (Å²) in [5, 5.41) is 14.4. The Morgan fingerprint density at radius 2 is 1.97 bits per heavy atom. The number of ether oxygens (including phenoxy) is 1. The summed E-state index contributed by atoms with van der Waals surface area (Å²) in [5.74, 6) is 0.631. The van der Waals surface area contributed by atoms with Crippen LogP contribution in [0.15, 0.2) is 29.3 Å². The number of aryl methyl sites for hydroxylation is 1. The lowest BCUT2D eigenvalue weighted by Crippen LogP contribution is -2.55. The summed E-state index contributed by atoms with van der Waals surface area (Å²) >= 11 is 1.57. The Kier molecular flexibility index (Phi) is 7.64. The molecule has 2 aliphatic rings. The van der Waals surface area contributed by atoms with Gasteiger partial charge in [-0.2, -0.15) is 5.26 Å². The fourth-order valence-electron chi connectivity index (χ4n) is 4.82.